The molecule has 0 saturated heterocycles. The molecule has 13 rings (SSSR count). The molecule has 0 heteroatoms. The molecule has 0 saturated carbocycles. The van der Waals surface area contributed by atoms with Crippen LogP contribution >= 0.6 is 0 Å². The summed E-state index contributed by atoms with van der Waals surface area (Å²) in [6.07, 6.45) is 0. The predicted molar refractivity (Wildman–Crippen MR) is 287 cm³/mol. The highest BCUT2D eigenvalue weighted by atomic mass is 14.4. The van der Waals surface area contributed by atoms with Crippen molar-refractivity contribution in [3.63, 3.8) is 0 Å². The molecule has 12 aromatic rings. The topological polar surface area (TPSA) is 0 Å². The molecule has 0 radical (unpaired) electrons. The Morgan fingerprint density at radius 2 is 0.463 bits per heavy atom. The molecule has 0 heterocycles. The molecule has 12 aromatic carbocycles. The van der Waals surface area contributed by atoms with Crippen LogP contribution in [0, 0.1) is 0 Å². The Morgan fingerprint density at radius 3 is 0.791 bits per heavy atom. The third-order valence-corrected chi connectivity index (χ3v) is 14.6. The van der Waals surface area contributed by atoms with E-state index in [0.717, 1.165) is 0 Å². The van der Waals surface area contributed by atoms with E-state index in [2.05, 4.69) is 257 Å². The molecule has 0 aromatic heterocycles. The van der Waals surface area contributed by atoms with E-state index >= 15 is 0 Å². The maximum atomic E-state index is 2.47. The van der Waals surface area contributed by atoms with Gasteiger partial charge in [0.15, 0.2) is 0 Å². The number of fused-ring (bicyclic) bond motifs is 7. The van der Waals surface area contributed by atoms with Crippen molar-refractivity contribution in [1.82, 2.24) is 0 Å². The lowest BCUT2D eigenvalue weighted by molar-refractivity contribution is 0.661. The third kappa shape index (κ3) is 6.21. The zero-order chi connectivity index (χ0) is 44.6. The highest BCUT2D eigenvalue weighted by Crippen LogP contribution is 2.52. The normalized spacial score (nSPS) is 12.7. The minimum atomic E-state index is -0.206. The minimum absolute atomic E-state index is 0.206. The van der Waals surface area contributed by atoms with Crippen molar-refractivity contribution in [2.45, 2.75) is 19.3 Å². The predicted octanol–water partition coefficient (Wildman–Crippen LogP) is 18.6. The first-order chi connectivity index (χ1) is 33.0. The molecule has 1 aliphatic rings. The van der Waals surface area contributed by atoms with E-state index in [1.54, 1.807) is 0 Å². The summed E-state index contributed by atoms with van der Waals surface area (Å²) in [5.74, 6) is 0. The zero-order valence-corrected chi connectivity index (χ0v) is 37.6. The van der Waals surface area contributed by atoms with E-state index in [9.17, 15) is 0 Å². The summed E-state index contributed by atoms with van der Waals surface area (Å²) >= 11 is 0. The Morgan fingerprint density at radius 1 is 0.209 bits per heavy atom. The number of benzene rings is 12. The molecule has 0 bridgehead atoms. The molecular formula is C67H46. The van der Waals surface area contributed by atoms with Gasteiger partial charge in [0.2, 0.25) is 0 Å². The molecule has 0 amide bonds. The molecule has 0 nitrogen and oxygen atoms in total. The summed E-state index contributed by atoms with van der Waals surface area (Å²) in [4.78, 5) is 0. The third-order valence-electron chi connectivity index (χ3n) is 14.6. The van der Waals surface area contributed by atoms with Gasteiger partial charge in [-0.3, -0.25) is 0 Å². The van der Waals surface area contributed by atoms with Crippen molar-refractivity contribution in [3.05, 3.63) is 254 Å². The van der Waals surface area contributed by atoms with Crippen molar-refractivity contribution in [2.75, 3.05) is 0 Å². The highest BCUT2D eigenvalue weighted by molar-refractivity contribution is 6.23. The smallest absolute Gasteiger partial charge is 0.0159 e. The van der Waals surface area contributed by atoms with Crippen LogP contribution in [0.25, 0.3) is 121 Å². The van der Waals surface area contributed by atoms with E-state index in [-0.39, 0.29) is 5.41 Å². The summed E-state index contributed by atoms with van der Waals surface area (Å²) in [6.45, 7) is 4.81. The van der Waals surface area contributed by atoms with Gasteiger partial charge < -0.3 is 0 Å². The van der Waals surface area contributed by atoms with Gasteiger partial charge in [0, 0.05) is 5.41 Å². The first kappa shape index (κ1) is 39.1. The van der Waals surface area contributed by atoms with E-state index in [1.807, 2.05) is 0 Å². The van der Waals surface area contributed by atoms with Crippen molar-refractivity contribution < 1.29 is 0 Å². The standard InChI is InChI=1S/C67H46/c1-67(2)61-41-49(47-33-37-57-59(39-47)65(45-23-11-5-12-24-45)55-29-17-15-27-53(55)63(57)43-19-7-3-8-20-43)31-35-51(61)52-36-32-50(42-62(52)67)48-34-38-58-60(40-48)66(46-25-13-6-14-26-46)56-30-18-16-28-54(56)64(58)44-21-9-4-10-22-44/h3-42H,1-2H3. The average Bonchev–Trinajstić information content (AvgIpc) is 3.62. The fourth-order valence-corrected chi connectivity index (χ4v) is 11.5. The fourth-order valence-electron chi connectivity index (χ4n) is 11.5. The van der Waals surface area contributed by atoms with E-state index in [4.69, 9.17) is 0 Å². The summed E-state index contributed by atoms with van der Waals surface area (Å²) in [5, 5.41) is 10.2. The number of hydrogen-bond donors (Lipinski definition) is 0. The minimum Gasteiger partial charge on any atom is -0.0622 e. The van der Waals surface area contributed by atoms with Gasteiger partial charge in [-0.15, -0.1) is 0 Å². The maximum Gasteiger partial charge on any atom is 0.0159 e. The molecule has 314 valence electrons. The first-order valence-electron chi connectivity index (χ1n) is 23.5. The van der Waals surface area contributed by atoms with Gasteiger partial charge in [-0.1, -0.05) is 232 Å². The van der Waals surface area contributed by atoms with Crippen LogP contribution in [0.4, 0.5) is 0 Å². The second kappa shape index (κ2) is 15.4. The Bertz CT molecular complexity index is 3640. The summed E-state index contributed by atoms with van der Waals surface area (Å²) in [5.41, 5.74) is 20.2. The SMILES string of the molecule is CC1(C)c2cc(-c3ccc4c(-c5ccccc5)c5ccccc5c(-c5ccccc5)c4c3)ccc2-c2ccc(-c3ccc4c(-c5ccccc5)c5ccccc5c(-c5ccccc5)c4c3)cc21. The van der Waals surface area contributed by atoms with Crippen molar-refractivity contribution in [2.24, 2.45) is 0 Å². The molecule has 67 heavy (non-hydrogen) atoms. The second-order valence-electron chi connectivity index (χ2n) is 18.7. The van der Waals surface area contributed by atoms with Gasteiger partial charge in [0.1, 0.15) is 0 Å². The van der Waals surface area contributed by atoms with Gasteiger partial charge in [-0.25, -0.2) is 0 Å². The zero-order valence-electron chi connectivity index (χ0n) is 37.6. The molecule has 1 aliphatic carbocycles. The lowest BCUT2D eigenvalue weighted by Gasteiger charge is -2.23. The van der Waals surface area contributed by atoms with E-state index < -0.39 is 0 Å². The van der Waals surface area contributed by atoms with Crippen molar-refractivity contribution >= 4 is 43.1 Å². The molecule has 0 unspecified atom stereocenters. The molecular weight excluding hydrogens is 805 g/mol. The largest absolute Gasteiger partial charge is 0.0622 e. The van der Waals surface area contributed by atoms with Crippen molar-refractivity contribution in [3.8, 4) is 77.9 Å². The van der Waals surface area contributed by atoms with E-state index in [0.29, 0.717) is 0 Å². The van der Waals surface area contributed by atoms with Crippen molar-refractivity contribution in [1.29, 1.82) is 0 Å². The van der Waals surface area contributed by atoms with Crippen LogP contribution in [-0.4, -0.2) is 0 Å². The highest BCUT2D eigenvalue weighted by Gasteiger charge is 2.36. The van der Waals surface area contributed by atoms with Crippen LogP contribution in [-0.2, 0) is 5.41 Å². The van der Waals surface area contributed by atoms with Crippen LogP contribution in [0.5, 0.6) is 0 Å². The quantitative estimate of drug-likeness (QED) is 0.146. The lowest BCUT2D eigenvalue weighted by atomic mass is 9.80. The summed E-state index contributed by atoms with van der Waals surface area (Å²) in [7, 11) is 0. The molecule has 0 atom stereocenters. The Hall–Kier alpha value is -8.32. The number of hydrogen-bond acceptors (Lipinski definition) is 0. The van der Waals surface area contributed by atoms with Crippen LogP contribution in [0.3, 0.4) is 0 Å². The van der Waals surface area contributed by atoms with Crippen LogP contribution < -0.4 is 0 Å². The fraction of sp³-hybridized carbons (Fsp3) is 0.0448. The van der Waals surface area contributed by atoms with Crippen LogP contribution in [0.1, 0.15) is 25.0 Å². The maximum absolute atomic E-state index is 2.47. The van der Waals surface area contributed by atoms with Gasteiger partial charge >= 0.3 is 0 Å². The molecule has 0 aliphatic heterocycles. The summed E-state index contributed by atoms with van der Waals surface area (Å²) in [6, 6.07) is 90.1. The second-order valence-corrected chi connectivity index (χ2v) is 18.7. The number of rotatable bonds is 6. The van der Waals surface area contributed by atoms with E-state index in [1.165, 1.54) is 132 Å². The lowest BCUT2D eigenvalue weighted by Crippen LogP contribution is -2.15. The molecule has 0 N–H and O–H groups in total. The Balaban J connectivity index is 0.947. The average molecular weight is 851 g/mol. The van der Waals surface area contributed by atoms with Crippen LogP contribution in [0.2, 0.25) is 0 Å². The van der Waals surface area contributed by atoms with Gasteiger partial charge in [0.25, 0.3) is 0 Å². The van der Waals surface area contributed by atoms with Gasteiger partial charge in [0.05, 0.1) is 0 Å². The molecule has 0 spiro atoms. The van der Waals surface area contributed by atoms with Crippen LogP contribution in [0.15, 0.2) is 243 Å². The van der Waals surface area contributed by atoms with Gasteiger partial charge in [-0.2, -0.15) is 0 Å². The Kier molecular flexibility index (Phi) is 8.98. The van der Waals surface area contributed by atoms with Gasteiger partial charge in [-0.05, 0) is 156 Å². The first-order valence-corrected chi connectivity index (χ1v) is 23.5. The summed E-state index contributed by atoms with van der Waals surface area (Å²) < 4.78 is 0. The monoisotopic (exact) mass is 850 g/mol. The molecule has 0 fully saturated rings. The Labute approximate surface area is 392 Å².